The largest absolute Gasteiger partial charge is 0.497 e. The molecule has 0 heterocycles. The Balaban J connectivity index is 2.10. The van der Waals surface area contributed by atoms with Crippen molar-refractivity contribution >= 4 is 11.1 Å². The molecule has 0 unspecified atom stereocenters. The SMILES string of the molecule is CCC1=C(c2ccc(OC)cc2)CCCc2cc(OC)ccc21. The third-order valence-electron chi connectivity index (χ3n) is 4.67. The maximum atomic E-state index is 5.40. The average molecular weight is 308 g/mol. The molecule has 0 saturated carbocycles. The van der Waals surface area contributed by atoms with E-state index in [9.17, 15) is 0 Å². The maximum absolute atomic E-state index is 5.40. The van der Waals surface area contributed by atoms with Gasteiger partial charge in [0.25, 0.3) is 0 Å². The average Bonchev–Trinajstić information content (AvgIpc) is 2.80. The molecule has 0 bridgehead atoms. The van der Waals surface area contributed by atoms with Gasteiger partial charge in [-0.2, -0.15) is 0 Å². The summed E-state index contributed by atoms with van der Waals surface area (Å²) < 4.78 is 10.7. The molecule has 0 saturated heterocycles. The molecule has 0 amide bonds. The summed E-state index contributed by atoms with van der Waals surface area (Å²) in [6.07, 6.45) is 4.44. The second kappa shape index (κ2) is 6.91. The van der Waals surface area contributed by atoms with Crippen LogP contribution in [0.3, 0.4) is 0 Å². The van der Waals surface area contributed by atoms with Gasteiger partial charge in [0.2, 0.25) is 0 Å². The van der Waals surface area contributed by atoms with E-state index in [-0.39, 0.29) is 0 Å². The zero-order chi connectivity index (χ0) is 16.2. The second-order valence-corrected chi connectivity index (χ2v) is 5.92. The van der Waals surface area contributed by atoms with Crippen LogP contribution in [-0.4, -0.2) is 14.2 Å². The van der Waals surface area contributed by atoms with Crippen LogP contribution in [0.4, 0.5) is 0 Å². The second-order valence-electron chi connectivity index (χ2n) is 5.92. The van der Waals surface area contributed by atoms with Crippen LogP contribution in [-0.2, 0) is 6.42 Å². The number of rotatable bonds is 4. The molecular weight excluding hydrogens is 284 g/mol. The van der Waals surface area contributed by atoms with Crippen molar-refractivity contribution in [3.05, 3.63) is 59.2 Å². The molecule has 0 fully saturated rings. The Morgan fingerprint density at radius 3 is 2.22 bits per heavy atom. The smallest absolute Gasteiger partial charge is 0.119 e. The van der Waals surface area contributed by atoms with Crippen LogP contribution in [0.1, 0.15) is 42.9 Å². The molecule has 0 N–H and O–H groups in total. The van der Waals surface area contributed by atoms with Crippen LogP contribution in [0.25, 0.3) is 11.1 Å². The minimum Gasteiger partial charge on any atom is -0.497 e. The van der Waals surface area contributed by atoms with Gasteiger partial charge in [-0.25, -0.2) is 0 Å². The van der Waals surface area contributed by atoms with E-state index in [1.54, 1.807) is 14.2 Å². The van der Waals surface area contributed by atoms with Crippen molar-refractivity contribution in [2.24, 2.45) is 0 Å². The first-order valence-electron chi connectivity index (χ1n) is 8.30. The molecule has 0 radical (unpaired) electrons. The molecule has 2 nitrogen and oxygen atoms in total. The van der Waals surface area contributed by atoms with E-state index in [4.69, 9.17) is 9.47 Å². The summed E-state index contributed by atoms with van der Waals surface area (Å²) >= 11 is 0. The summed E-state index contributed by atoms with van der Waals surface area (Å²) in [5.41, 5.74) is 7.04. The summed E-state index contributed by atoms with van der Waals surface area (Å²) in [5.74, 6) is 1.86. The molecular formula is C21H24O2. The lowest BCUT2D eigenvalue weighted by molar-refractivity contribution is 0.414. The first-order chi connectivity index (χ1) is 11.3. The zero-order valence-corrected chi connectivity index (χ0v) is 14.2. The van der Waals surface area contributed by atoms with E-state index in [1.807, 2.05) is 0 Å². The van der Waals surface area contributed by atoms with E-state index in [0.717, 1.165) is 30.8 Å². The first kappa shape index (κ1) is 15.7. The van der Waals surface area contributed by atoms with Crippen molar-refractivity contribution in [3.8, 4) is 11.5 Å². The van der Waals surface area contributed by atoms with Crippen LogP contribution >= 0.6 is 0 Å². The summed E-state index contributed by atoms with van der Waals surface area (Å²) in [5, 5.41) is 0. The lowest BCUT2D eigenvalue weighted by atomic mass is 9.91. The fourth-order valence-corrected chi connectivity index (χ4v) is 3.48. The van der Waals surface area contributed by atoms with Crippen molar-refractivity contribution in [2.75, 3.05) is 14.2 Å². The van der Waals surface area contributed by atoms with Crippen LogP contribution < -0.4 is 9.47 Å². The predicted octanol–water partition coefficient (Wildman–Crippen LogP) is 5.36. The summed E-state index contributed by atoms with van der Waals surface area (Å²) in [7, 11) is 3.44. The summed E-state index contributed by atoms with van der Waals surface area (Å²) in [6, 6.07) is 15.0. The van der Waals surface area contributed by atoms with Gasteiger partial charge in [0.1, 0.15) is 11.5 Å². The topological polar surface area (TPSA) is 18.5 Å². The van der Waals surface area contributed by atoms with Gasteiger partial charge >= 0.3 is 0 Å². The highest BCUT2D eigenvalue weighted by Gasteiger charge is 2.18. The van der Waals surface area contributed by atoms with Gasteiger partial charge in [0.15, 0.2) is 0 Å². The van der Waals surface area contributed by atoms with Gasteiger partial charge in [-0.15, -0.1) is 0 Å². The Morgan fingerprint density at radius 1 is 0.870 bits per heavy atom. The number of allylic oxidation sites excluding steroid dienone is 2. The van der Waals surface area contributed by atoms with Crippen molar-refractivity contribution < 1.29 is 9.47 Å². The van der Waals surface area contributed by atoms with E-state index in [1.165, 1.54) is 34.3 Å². The molecule has 3 rings (SSSR count). The summed E-state index contributed by atoms with van der Waals surface area (Å²) in [6.45, 7) is 2.25. The highest BCUT2D eigenvalue weighted by molar-refractivity contribution is 5.92. The number of aryl methyl sites for hydroxylation is 1. The van der Waals surface area contributed by atoms with E-state index >= 15 is 0 Å². The molecule has 0 spiro atoms. The first-order valence-corrected chi connectivity index (χ1v) is 8.30. The molecule has 2 heteroatoms. The molecule has 0 aliphatic heterocycles. The standard InChI is InChI=1S/C21H24O2/c1-4-19-20(15-8-10-17(22-2)11-9-15)7-5-6-16-14-18(23-3)12-13-21(16)19/h8-14H,4-7H2,1-3H3. The Morgan fingerprint density at radius 2 is 1.57 bits per heavy atom. The predicted molar refractivity (Wildman–Crippen MR) is 96.0 cm³/mol. The molecule has 1 aliphatic carbocycles. The van der Waals surface area contributed by atoms with E-state index < -0.39 is 0 Å². The molecule has 23 heavy (non-hydrogen) atoms. The molecule has 0 atom stereocenters. The van der Waals surface area contributed by atoms with Crippen molar-refractivity contribution in [3.63, 3.8) is 0 Å². The highest BCUT2D eigenvalue weighted by Crippen LogP contribution is 2.38. The van der Waals surface area contributed by atoms with Gasteiger partial charge in [0.05, 0.1) is 14.2 Å². The van der Waals surface area contributed by atoms with E-state index in [2.05, 4.69) is 49.4 Å². The maximum Gasteiger partial charge on any atom is 0.119 e. The number of fused-ring (bicyclic) bond motifs is 1. The van der Waals surface area contributed by atoms with Crippen LogP contribution in [0.15, 0.2) is 42.5 Å². The van der Waals surface area contributed by atoms with Crippen LogP contribution in [0.2, 0.25) is 0 Å². The lowest BCUT2D eigenvalue weighted by Crippen LogP contribution is -1.94. The number of benzene rings is 2. The molecule has 2 aromatic carbocycles. The highest BCUT2D eigenvalue weighted by atomic mass is 16.5. The number of hydrogen-bond acceptors (Lipinski definition) is 2. The van der Waals surface area contributed by atoms with Gasteiger partial charge in [-0.05, 0) is 77.8 Å². The minimum atomic E-state index is 0.908. The molecule has 0 aromatic heterocycles. The van der Waals surface area contributed by atoms with Crippen molar-refractivity contribution in [2.45, 2.75) is 32.6 Å². The molecule has 120 valence electrons. The van der Waals surface area contributed by atoms with Crippen LogP contribution in [0, 0.1) is 0 Å². The Hall–Kier alpha value is -2.22. The summed E-state index contributed by atoms with van der Waals surface area (Å²) in [4.78, 5) is 0. The van der Waals surface area contributed by atoms with Gasteiger partial charge in [0, 0.05) is 0 Å². The Labute approximate surface area is 138 Å². The Kier molecular flexibility index (Phi) is 4.71. The fraction of sp³-hybridized carbons (Fsp3) is 0.333. The van der Waals surface area contributed by atoms with Gasteiger partial charge in [-0.1, -0.05) is 25.1 Å². The zero-order valence-electron chi connectivity index (χ0n) is 14.2. The monoisotopic (exact) mass is 308 g/mol. The fourth-order valence-electron chi connectivity index (χ4n) is 3.48. The number of methoxy groups -OCH3 is 2. The normalized spacial score (nSPS) is 14.2. The van der Waals surface area contributed by atoms with Gasteiger partial charge < -0.3 is 9.47 Å². The van der Waals surface area contributed by atoms with Crippen molar-refractivity contribution in [1.82, 2.24) is 0 Å². The Bertz CT molecular complexity index is 711. The number of hydrogen-bond donors (Lipinski definition) is 0. The molecule has 2 aromatic rings. The lowest BCUT2D eigenvalue weighted by Gasteiger charge is -2.15. The van der Waals surface area contributed by atoms with Crippen molar-refractivity contribution in [1.29, 1.82) is 0 Å². The van der Waals surface area contributed by atoms with E-state index in [0.29, 0.717) is 0 Å². The third-order valence-corrected chi connectivity index (χ3v) is 4.67. The number of ether oxygens (including phenoxy) is 2. The minimum absolute atomic E-state index is 0.908. The third kappa shape index (κ3) is 3.12. The molecule has 1 aliphatic rings. The van der Waals surface area contributed by atoms with Gasteiger partial charge in [-0.3, -0.25) is 0 Å². The quantitative estimate of drug-likeness (QED) is 0.757. The van der Waals surface area contributed by atoms with Crippen LogP contribution in [0.5, 0.6) is 11.5 Å².